The van der Waals surface area contributed by atoms with Crippen molar-refractivity contribution < 1.29 is 22.3 Å². The number of rotatable bonds is 10. The number of nitrogens with one attached hydrogen (secondary N) is 1. The summed E-state index contributed by atoms with van der Waals surface area (Å²) in [5.41, 5.74) is 0.911. The normalized spacial score (nSPS) is 14.6. The van der Waals surface area contributed by atoms with Gasteiger partial charge in [-0.2, -0.15) is 4.31 Å². The molecule has 1 saturated heterocycles. The van der Waals surface area contributed by atoms with Crippen molar-refractivity contribution >= 4 is 15.9 Å². The molecule has 0 unspecified atom stereocenters. The molecule has 8 heteroatoms. The maximum atomic E-state index is 13.4. The van der Waals surface area contributed by atoms with Crippen LogP contribution in [0, 0.1) is 5.82 Å². The molecule has 30 heavy (non-hydrogen) atoms. The molecule has 0 saturated carbocycles. The van der Waals surface area contributed by atoms with Crippen LogP contribution in [-0.4, -0.2) is 44.9 Å². The highest BCUT2D eigenvalue weighted by molar-refractivity contribution is 7.89. The van der Waals surface area contributed by atoms with Gasteiger partial charge >= 0.3 is 0 Å². The Morgan fingerprint density at radius 3 is 2.47 bits per heavy atom. The summed E-state index contributed by atoms with van der Waals surface area (Å²) in [5, 5.41) is 2.81. The second kappa shape index (κ2) is 10.5. The Morgan fingerprint density at radius 1 is 1.07 bits per heavy atom. The second-order valence-electron chi connectivity index (χ2n) is 7.24. The van der Waals surface area contributed by atoms with Crippen LogP contribution in [0.5, 0.6) is 5.75 Å². The third-order valence-electron chi connectivity index (χ3n) is 5.00. The summed E-state index contributed by atoms with van der Waals surface area (Å²) >= 11 is 0. The molecule has 0 spiro atoms. The largest absolute Gasteiger partial charge is 0.490 e. The van der Waals surface area contributed by atoms with Gasteiger partial charge in [-0.25, -0.2) is 12.8 Å². The predicted octanol–water partition coefficient (Wildman–Crippen LogP) is 3.13. The van der Waals surface area contributed by atoms with Gasteiger partial charge in [0.15, 0.2) is 11.6 Å². The van der Waals surface area contributed by atoms with Crippen LogP contribution in [0.3, 0.4) is 0 Å². The van der Waals surface area contributed by atoms with Crippen LogP contribution < -0.4 is 10.1 Å². The lowest BCUT2D eigenvalue weighted by molar-refractivity contribution is -0.121. The molecule has 0 radical (unpaired) electrons. The van der Waals surface area contributed by atoms with Crippen LogP contribution in [-0.2, 0) is 21.2 Å². The molecule has 2 aromatic rings. The quantitative estimate of drug-likeness (QED) is 0.583. The Hall–Kier alpha value is -2.45. The van der Waals surface area contributed by atoms with E-state index >= 15 is 0 Å². The average molecular weight is 435 g/mol. The third-order valence-corrected chi connectivity index (χ3v) is 6.92. The second-order valence-corrected chi connectivity index (χ2v) is 9.18. The van der Waals surface area contributed by atoms with Crippen molar-refractivity contribution in [1.82, 2.24) is 9.62 Å². The van der Waals surface area contributed by atoms with Gasteiger partial charge in [0, 0.05) is 26.1 Å². The minimum atomic E-state index is -3.41. The number of para-hydroxylation sites is 1. The lowest BCUT2D eigenvalue weighted by Gasteiger charge is -2.15. The number of aryl methyl sites for hydroxylation is 1. The minimum Gasteiger partial charge on any atom is -0.490 e. The molecule has 0 aliphatic carbocycles. The maximum absolute atomic E-state index is 13.4. The topological polar surface area (TPSA) is 75.7 Å². The van der Waals surface area contributed by atoms with Crippen LogP contribution in [0.2, 0.25) is 0 Å². The predicted molar refractivity (Wildman–Crippen MR) is 112 cm³/mol. The number of hydrogen-bond donors (Lipinski definition) is 1. The van der Waals surface area contributed by atoms with E-state index in [-0.39, 0.29) is 11.7 Å². The minimum absolute atomic E-state index is 0.0883. The van der Waals surface area contributed by atoms with E-state index in [0.717, 1.165) is 18.4 Å². The average Bonchev–Trinajstić information content (AvgIpc) is 3.29. The number of carbonyl (C=O) groups is 1. The first-order valence-corrected chi connectivity index (χ1v) is 11.6. The van der Waals surface area contributed by atoms with Gasteiger partial charge in [-0.15, -0.1) is 0 Å². The summed E-state index contributed by atoms with van der Waals surface area (Å²) in [6.07, 6.45) is 3.22. The van der Waals surface area contributed by atoms with Crippen LogP contribution in [0.25, 0.3) is 0 Å². The first-order chi connectivity index (χ1) is 14.5. The number of amides is 1. The zero-order chi connectivity index (χ0) is 21.4. The summed E-state index contributed by atoms with van der Waals surface area (Å²) in [6, 6.07) is 13.0. The molecule has 3 rings (SSSR count). The Bertz CT molecular complexity index is 942. The lowest BCUT2D eigenvalue weighted by Crippen LogP contribution is -2.27. The smallest absolute Gasteiger partial charge is 0.243 e. The number of benzene rings is 2. The highest BCUT2D eigenvalue weighted by Crippen LogP contribution is 2.21. The van der Waals surface area contributed by atoms with Gasteiger partial charge in [0.1, 0.15) is 0 Å². The van der Waals surface area contributed by atoms with Gasteiger partial charge in [-0.05, 0) is 55.5 Å². The van der Waals surface area contributed by atoms with Crippen LogP contribution >= 0.6 is 0 Å². The van der Waals surface area contributed by atoms with Crippen molar-refractivity contribution in [2.24, 2.45) is 0 Å². The SMILES string of the molecule is O=C(CCc1ccc(S(=O)(=O)N2CCCC2)cc1)NCCCOc1ccccc1F. The van der Waals surface area contributed by atoms with E-state index in [9.17, 15) is 17.6 Å². The van der Waals surface area contributed by atoms with Gasteiger partial charge in [-0.1, -0.05) is 24.3 Å². The lowest BCUT2D eigenvalue weighted by atomic mass is 10.1. The molecule has 1 amide bonds. The van der Waals surface area contributed by atoms with E-state index < -0.39 is 15.8 Å². The molecule has 1 heterocycles. The van der Waals surface area contributed by atoms with Crippen LogP contribution in [0.4, 0.5) is 4.39 Å². The molecular formula is C22H27FN2O4S. The summed E-state index contributed by atoms with van der Waals surface area (Å²) in [5.74, 6) is -0.283. The number of halogens is 1. The van der Waals surface area contributed by atoms with E-state index in [4.69, 9.17) is 4.74 Å². The first-order valence-electron chi connectivity index (χ1n) is 10.2. The van der Waals surface area contributed by atoms with Crippen molar-refractivity contribution in [2.45, 2.75) is 37.0 Å². The fraction of sp³-hybridized carbons (Fsp3) is 0.409. The molecular weight excluding hydrogens is 407 g/mol. The van der Waals surface area contributed by atoms with Crippen molar-refractivity contribution in [1.29, 1.82) is 0 Å². The van der Waals surface area contributed by atoms with Crippen molar-refractivity contribution in [3.8, 4) is 5.75 Å². The zero-order valence-corrected chi connectivity index (χ0v) is 17.7. The summed E-state index contributed by atoms with van der Waals surface area (Å²) < 4.78 is 45.3. The van der Waals surface area contributed by atoms with Crippen molar-refractivity contribution in [2.75, 3.05) is 26.2 Å². The van der Waals surface area contributed by atoms with Gasteiger partial charge in [0.25, 0.3) is 0 Å². The number of ether oxygens (including phenoxy) is 1. The van der Waals surface area contributed by atoms with E-state index in [2.05, 4.69) is 5.32 Å². The maximum Gasteiger partial charge on any atom is 0.243 e. The van der Waals surface area contributed by atoms with E-state index in [1.807, 2.05) is 0 Å². The van der Waals surface area contributed by atoms with Gasteiger partial charge in [0.05, 0.1) is 11.5 Å². The highest BCUT2D eigenvalue weighted by atomic mass is 32.2. The van der Waals surface area contributed by atoms with Crippen LogP contribution in [0.1, 0.15) is 31.2 Å². The Balaban J connectivity index is 1.36. The Morgan fingerprint density at radius 2 is 1.77 bits per heavy atom. The Labute approximate surface area is 177 Å². The summed E-state index contributed by atoms with van der Waals surface area (Å²) in [6.45, 7) is 1.92. The van der Waals surface area contributed by atoms with Gasteiger partial charge in [0.2, 0.25) is 15.9 Å². The number of hydrogen-bond acceptors (Lipinski definition) is 4. The molecule has 162 valence electrons. The van der Waals surface area contributed by atoms with E-state index in [0.29, 0.717) is 50.4 Å². The molecule has 1 aliphatic rings. The molecule has 0 bridgehead atoms. The zero-order valence-electron chi connectivity index (χ0n) is 16.8. The molecule has 0 aromatic heterocycles. The monoisotopic (exact) mass is 434 g/mol. The van der Waals surface area contributed by atoms with E-state index in [1.165, 1.54) is 10.4 Å². The standard InChI is InChI=1S/C22H27FN2O4S/c23-20-6-1-2-7-21(20)29-17-5-14-24-22(26)13-10-18-8-11-19(12-9-18)30(27,28)25-15-3-4-16-25/h1-2,6-9,11-12H,3-5,10,13-17H2,(H,24,26). The van der Waals surface area contributed by atoms with Crippen molar-refractivity contribution in [3.63, 3.8) is 0 Å². The molecule has 1 aliphatic heterocycles. The molecule has 0 atom stereocenters. The molecule has 1 fully saturated rings. The summed E-state index contributed by atoms with van der Waals surface area (Å²) in [4.78, 5) is 12.3. The fourth-order valence-corrected chi connectivity index (χ4v) is 4.81. The Kier molecular flexibility index (Phi) is 7.81. The number of nitrogens with zero attached hydrogens (tertiary/aromatic N) is 1. The summed E-state index contributed by atoms with van der Waals surface area (Å²) in [7, 11) is -3.41. The number of sulfonamides is 1. The van der Waals surface area contributed by atoms with E-state index in [1.54, 1.807) is 42.5 Å². The first kappa shape index (κ1) is 22.2. The molecule has 1 N–H and O–H groups in total. The van der Waals surface area contributed by atoms with Crippen molar-refractivity contribution in [3.05, 3.63) is 59.9 Å². The molecule has 2 aromatic carbocycles. The van der Waals surface area contributed by atoms with Gasteiger partial charge < -0.3 is 10.1 Å². The van der Waals surface area contributed by atoms with Gasteiger partial charge in [-0.3, -0.25) is 4.79 Å². The highest BCUT2D eigenvalue weighted by Gasteiger charge is 2.26. The third kappa shape index (κ3) is 6.03. The van der Waals surface area contributed by atoms with Crippen LogP contribution in [0.15, 0.2) is 53.4 Å². The fourth-order valence-electron chi connectivity index (χ4n) is 3.30. The molecule has 6 nitrogen and oxygen atoms in total. The number of carbonyl (C=O) groups excluding carboxylic acids is 1.